The number of nitrogens with one attached hydrogen (secondary N) is 1. The van der Waals surface area contributed by atoms with Crippen LogP contribution in [0.2, 0.25) is 0 Å². The van der Waals surface area contributed by atoms with Gasteiger partial charge in [-0.15, -0.1) is 0 Å². The highest BCUT2D eigenvalue weighted by Crippen LogP contribution is 2.29. The number of hydrogen-bond acceptors (Lipinski definition) is 4. The smallest absolute Gasteiger partial charge is 0.405 e. The molecule has 1 unspecified atom stereocenters. The maximum Gasteiger partial charge on any atom is 0.405 e. The SMILES string of the molecule is CCOc1ccccc1N1CCN(C(C)C(=O)NCC(F)(F)F)CC1. The van der Waals surface area contributed by atoms with E-state index in [0.717, 1.165) is 11.4 Å². The number of anilines is 1. The number of para-hydroxylation sites is 2. The van der Waals surface area contributed by atoms with Crippen LogP contribution in [0.25, 0.3) is 0 Å². The van der Waals surface area contributed by atoms with Crippen molar-refractivity contribution in [2.75, 3.05) is 44.2 Å². The number of nitrogens with zero attached hydrogens (tertiary/aromatic N) is 2. The van der Waals surface area contributed by atoms with Crippen LogP contribution in [0.4, 0.5) is 18.9 Å². The fourth-order valence-electron chi connectivity index (χ4n) is 2.85. The maximum atomic E-state index is 12.2. The lowest BCUT2D eigenvalue weighted by Crippen LogP contribution is -2.54. The summed E-state index contributed by atoms with van der Waals surface area (Å²) in [6.07, 6.45) is -4.39. The molecular formula is C17H24F3N3O2. The maximum absolute atomic E-state index is 12.2. The molecule has 1 fully saturated rings. The van der Waals surface area contributed by atoms with Crippen molar-refractivity contribution >= 4 is 11.6 Å². The monoisotopic (exact) mass is 359 g/mol. The molecule has 25 heavy (non-hydrogen) atoms. The van der Waals surface area contributed by atoms with Gasteiger partial charge in [0.15, 0.2) is 0 Å². The Morgan fingerprint density at radius 3 is 2.48 bits per heavy atom. The molecule has 1 saturated heterocycles. The predicted molar refractivity (Wildman–Crippen MR) is 89.9 cm³/mol. The Hall–Kier alpha value is -1.96. The molecule has 0 radical (unpaired) electrons. The Labute approximate surface area is 145 Å². The Morgan fingerprint density at radius 2 is 1.88 bits per heavy atom. The Bertz CT molecular complexity index is 573. The normalized spacial score (nSPS) is 17.2. The third kappa shape index (κ3) is 5.52. The second kappa shape index (κ2) is 8.42. The predicted octanol–water partition coefficient (Wildman–Crippen LogP) is 2.27. The zero-order chi connectivity index (χ0) is 18.4. The van der Waals surface area contributed by atoms with Crippen molar-refractivity contribution in [2.24, 2.45) is 0 Å². The van der Waals surface area contributed by atoms with Gasteiger partial charge in [0.2, 0.25) is 5.91 Å². The minimum atomic E-state index is -4.39. The molecule has 1 aromatic rings. The van der Waals surface area contributed by atoms with Crippen LogP contribution in [0.5, 0.6) is 5.75 Å². The van der Waals surface area contributed by atoms with Gasteiger partial charge in [-0.05, 0) is 26.0 Å². The molecule has 0 aromatic heterocycles. The second-order valence-electron chi connectivity index (χ2n) is 5.93. The fraction of sp³-hybridized carbons (Fsp3) is 0.588. The summed E-state index contributed by atoms with van der Waals surface area (Å²) in [7, 11) is 0. The van der Waals surface area contributed by atoms with Crippen LogP contribution in [-0.4, -0.2) is 62.4 Å². The molecule has 8 heteroatoms. The highest BCUT2D eigenvalue weighted by atomic mass is 19.4. The van der Waals surface area contributed by atoms with Gasteiger partial charge in [0.25, 0.3) is 0 Å². The number of carbonyl (C=O) groups is 1. The molecule has 1 aliphatic heterocycles. The number of amides is 1. The third-order valence-corrected chi connectivity index (χ3v) is 4.21. The molecule has 1 atom stereocenters. The van der Waals surface area contributed by atoms with E-state index in [1.807, 2.05) is 41.4 Å². The van der Waals surface area contributed by atoms with Crippen LogP contribution in [0.1, 0.15) is 13.8 Å². The van der Waals surface area contributed by atoms with Crippen molar-refractivity contribution in [1.82, 2.24) is 10.2 Å². The first-order chi connectivity index (χ1) is 11.8. The largest absolute Gasteiger partial charge is 0.492 e. The lowest BCUT2D eigenvalue weighted by molar-refractivity contribution is -0.141. The molecule has 1 N–H and O–H groups in total. The highest BCUT2D eigenvalue weighted by Gasteiger charge is 2.31. The molecular weight excluding hydrogens is 335 g/mol. The molecule has 0 spiro atoms. The summed E-state index contributed by atoms with van der Waals surface area (Å²) in [4.78, 5) is 16.0. The molecule has 5 nitrogen and oxygen atoms in total. The molecule has 0 bridgehead atoms. The molecule has 0 saturated carbocycles. The Kier molecular flexibility index (Phi) is 6.52. The topological polar surface area (TPSA) is 44.8 Å². The van der Waals surface area contributed by atoms with E-state index >= 15 is 0 Å². The van der Waals surface area contributed by atoms with E-state index in [4.69, 9.17) is 4.74 Å². The summed E-state index contributed by atoms with van der Waals surface area (Å²) in [6, 6.07) is 7.17. The van der Waals surface area contributed by atoms with E-state index in [-0.39, 0.29) is 0 Å². The fourth-order valence-corrected chi connectivity index (χ4v) is 2.85. The van der Waals surface area contributed by atoms with Gasteiger partial charge in [0.05, 0.1) is 18.3 Å². The van der Waals surface area contributed by atoms with E-state index in [1.165, 1.54) is 0 Å². The van der Waals surface area contributed by atoms with Crippen molar-refractivity contribution in [3.8, 4) is 5.75 Å². The average Bonchev–Trinajstić information content (AvgIpc) is 2.59. The standard InChI is InChI=1S/C17H24F3N3O2/c1-3-25-15-7-5-4-6-14(15)23-10-8-22(9-11-23)13(2)16(24)21-12-17(18,19)20/h4-7,13H,3,8-12H2,1-2H3,(H,21,24). The van der Waals surface area contributed by atoms with Crippen LogP contribution in [0, 0.1) is 0 Å². The summed E-state index contributed by atoms with van der Waals surface area (Å²) in [6.45, 7) is 5.40. The summed E-state index contributed by atoms with van der Waals surface area (Å²) >= 11 is 0. The molecule has 2 rings (SSSR count). The first-order valence-corrected chi connectivity index (χ1v) is 8.37. The molecule has 140 valence electrons. The Morgan fingerprint density at radius 1 is 1.24 bits per heavy atom. The summed E-state index contributed by atoms with van der Waals surface area (Å²) in [5, 5.41) is 1.95. The van der Waals surface area contributed by atoms with Gasteiger partial charge in [0, 0.05) is 26.2 Å². The van der Waals surface area contributed by atoms with Crippen LogP contribution in [-0.2, 0) is 4.79 Å². The number of rotatable bonds is 6. The van der Waals surface area contributed by atoms with E-state index in [1.54, 1.807) is 6.92 Å². The van der Waals surface area contributed by atoms with Gasteiger partial charge in [-0.1, -0.05) is 12.1 Å². The molecule has 1 aromatic carbocycles. The first kappa shape index (κ1) is 19.4. The summed E-state index contributed by atoms with van der Waals surface area (Å²) in [5.41, 5.74) is 0.998. The number of hydrogen-bond donors (Lipinski definition) is 1. The molecule has 1 aliphatic rings. The zero-order valence-corrected chi connectivity index (χ0v) is 14.5. The number of ether oxygens (including phenoxy) is 1. The van der Waals surface area contributed by atoms with E-state index in [2.05, 4.69) is 4.90 Å². The van der Waals surface area contributed by atoms with Crippen LogP contribution >= 0.6 is 0 Å². The van der Waals surface area contributed by atoms with Crippen molar-refractivity contribution in [3.63, 3.8) is 0 Å². The van der Waals surface area contributed by atoms with Crippen molar-refractivity contribution in [2.45, 2.75) is 26.1 Å². The van der Waals surface area contributed by atoms with Crippen LogP contribution in [0.15, 0.2) is 24.3 Å². The van der Waals surface area contributed by atoms with Gasteiger partial charge in [-0.2, -0.15) is 13.2 Å². The van der Waals surface area contributed by atoms with Crippen molar-refractivity contribution in [1.29, 1.82) is 0 Å². The van der Waals surface area contributed by atoms with Crippen LogP contribution < -0.4 is 15.0 Å². The van der Waals surface area contributed by atoms with E-state index in [0.29, 0.717) is 32.8 Å². The van der Waals surface area contributed by atoms with E-state index in [9.17, 15) is 18.0 Å². The van der Waals surface area contributed by atoms with Gasteiger partial charge < -0.3 is 15.0 Å². The van der Waals surface area contributed by atoms with Gasteiger partial charge in [-0.25, -0.2) is 0 Å². The van der Waals surface area contributed by atoms with Crippen LogP contribution in [0.3, 0.4) is 0 Å². The van der Waals surface area contributed by atoms with Gasteiger partial charge >= 0.3 is 6.18 Å². The Balaban J connectivity index is 1.90. The summed E-state index contributed by atoms with van der Waals surface area (Å²) < 4.78 is 42.3. The van der Waals surface area contributed by atoms with Crippen molar-refractivity contribution in [3.05, 3.63) is 24.3 Å². The molecule has 0 aliphatic carbocycles. The lowest BCUT2D eigenvalue weighted by Gasteiger charge is -2.39. The number of piperazine rings is 1. The minimum Gasteiger partial charge on any atom is -0.492 e. The highest BCUT2D eigenvalue weighted by molar-refractivity contribution is 5.81. The van der Waals surface area contributed by atoms with Crippen molar-refractivity contribution < 1.29 is 22.7 Å². The average molecular weight is 359 g/mol. The number of halogens is 3. The zero-order valence-electron chi connectivity index (χ0n) is 14.5. The first-order valence-electron chi connectivity index (χ1n) is 8.37. The minimum absolute atomic E-state index is 0.577. The van der Waals surface area contributed by atoms with Gasteiger partial charge in [0.1, 0.15) is 12.3 Å². The number of carbonyl (C=O) groups excluding carboxylic acids is 1. The number of alkyl halides is 3. The van der Waals surface area contributed by atoms with Gasteiger partial charge in [-0.3, -0.25) is 9.69 Å². The summed E-state index contributed by atoms with van der Waals surface area (Å²) in [5.74, 6) is 0.218. The molecule has 1 amide bonds. The second-order valence-corrected chi connectivity index (χ2v) is 5.93. The molecule has 1 heterocycles. The third-order valence-electron chi connectivity index (χ3n) is 4.21. The lowest BCUT2D eigenvalue weighted by atomic mass is 10.2. The quantitative estimate of drug-likeness (QED) is 0.846. The van der Waals surface area contributed by atoms with E-state index < -0.39 is 24.7 Å². The number of benzene rings is 1.